The molecule has 1 amide bonds. The van der Waals surface area contributed by atoms with Crippen molar-refractivity contribution in [3.05, 3.63) is 42.0 Å². The molecule has 0 aliphatic heterocycles. The highest BCUT2D eigenvalue weighted by atomic mass is 16.5. The van der Waals surface area contributed by atoms with Crippen molar-refractivity contribution in [3.8, 4) is 0 Å². The second kappa shape index (κ2) is 8.09. The van der Waals surface area contributed by atoms with Crippen LogP contribution in [-0.4, -0.2) is 43.5 Å². The molecular weight excluding hydrogens is 268 g/mol. The van der Waals surface area contributed by atoms with E-state index in [1.165, 1.54) is 7.11 Å². The molecule has 5 nitrogen and oxygen atoms in total. The normalized spacial score (nSPS) is 9.86. The molecule has 0 saturated carbocycles. The molecule has 0 spiro atoms. The predicted octanol–water partition coefficient (Wildman–Crippen LogP) is 2.31. The summed E-state index contributed by atoms with van der Waals surface area (Å²) < 4.78 is 4.63. The van der Waals surface area contributed by atoms with E-state index in [1.54, 1.807) is 29.2 Å². The fourth-order valence-electron chi connectivity index (χ4n) is 1.83. The van der Waals surface area contributed by atoms with Gasteiger partial charge in [0.2, 0.25) is 5.91 Å². The monoisotopic (exact) mass is 290 g/mol. The minimum atomic E-state index is -0.378. The molecule has 0 atom stereocenters. The molecular formula is C16H22N2O3. The lowest BCUT2D eigenvalue weighted by molar-refractivity contribution is -0.128. The second-order valence-corrected chi connectivity index (χ2v) is 4.79. The SMILES string of the molecule is C=C(C)CN(CC)C(=O)CNc1ccc(C(=O)OC)cc1. The Balaban J connectivity index is 2.56. The van der Waals surface area contributed by atoms with E-state index in [0.717, 1.165) is 11.3 Å². The smallest absolute Gasteiger partial charge is 0.337 e. The van der Waals surface area contributed by atoms with Crippen LogP contribution in [0.1, 0.15) is 24.2 Å². The Kier molecular flexibility index (Phi) is 6.46. The van der Waals surface area contributed by atoms with Crippen LogP contribution in [0.15, 0.2) is 36.4 Å². The molecule has 1 aromatic rings. The van der Waals surface area contributed by atoms with Gasteiger partial charge < -0.3 is 15.0 Å². The Labute approximate surface area is 125 Å². The third-order valence-electron chi connectivity index (χ3n) is 2.94. The van der Waals surface area contributed by atoms with Crippen LogP contribution in [0.3, 0.4) is 0 Å². The molecule has 0 bridgehead atoms. The molecule has 5 heteroatoms. The van der Waals surface area contributed by atoms with Gasteiger partial charge in [-0.3, -0.25) is 4.79 Å². The highest BCUT2D eigenvalue weighted by molar-refractivity contribution is 5.89. The van der Waals surface area contributed by atoms with Crippen molar-refractivity contribution in [2.75, 3.05) is 32.1 Å². The topological polar surface area (TPSA) is 58.6 Å². The predicted molar refractivity (Wildman–Crippen MR) is 83.3 cm³/mol. The quantitative estimate of drug-likeness (QED) is 0.618. The number of nitrogens with zero attached hydrogens (tertiary/aromatic N) is 1. The van der Waals surface area contributed by atoms with Crippen LogP contribution >= 0.6 is 0 Å². The second-order valence-electron chi connectivity index (χ2n) is 4.79. The summed E-state index contributed by atoms with van der Waals surface area (Å²) in [7, 11) is 1.34. The number of esters is 1. The van der Waals surface area contributed by atoms with Crippen molar-refractivity contribution in [2.24, 2.45) is 0 Å². The Morgan fingerprint density at radius 2 is 1.90 bits per heavy atom. The third-order valence-corrected chi connectivity index (χ3v) is 2.94. The van der Waals surface area contributed by atoms with Crippen molar-refractivity contribution in [3.63, 3.8) is 0 Å². The Hall–Kier alpha value is -2.30. The lowest BCUT2D eigenvalue weighted by atomic mass is 10.2. The first-order valence-corrected chi connectivity index (χ1v) is 6.82. The van der Waals surface area contributed by atoms with Crippen molar-refractivity contribution in [1.29, 1.82) is 0 Å². The number of hydrogen-bond acceptors (Lipinski definition) is 4. The van der Waals surface area contributed by atoms with E-state index in [-0.39, 0.29) is 18.4 Å². The Bertz CT molecular complexity index is 509. The summed E-state index contributed by atoms with van der Waals surface area (Å²) in [4.78, 5) is 25.1. The highest BCUT2D eigenvalue weighted by Crippen LogP contribution is 2.10. The van der Waals surface area contributed by atoms with E-state index < -0.39 is 0 Å². The van der Waals surface area contributed by atoms with E-state index in [0.29, 0.717) is 18.7 Å². The van der Waals surface area contributed by atoms with Gasteiger partial charge in [0.15, 0.2) is 0 Å². The first-order valence-electron chi connectivity index (χ1n) is 6.82. The average Bonchev–Trinajstić information content (AvgIpc) is 2.49. The summed E-state index contributed by atoms with van der Waals surface area (Å²) in [6, 6.07) is 6.80. The summed E-state index contributed by atoms with van der Waals surface area (Å²) >= 11 is 0. The Morgan fingerprint density at radius 1 is 1.29 bits per heavy atom. The number of methoxy groups -OCH3 is 1. The fourth-order valence-corrected chi connectivity index (χ4v) is 1.83. The summed E-state index contributed by atoms with van der Waals surface area (Å²) in [6.07, 6.45) is 0. The van der Waals surface area contributed by atoms with Gasteiger partial charge in [-0.05, 0) is 38.1 Å². The summed E-state index contributed by atoms with van der Waals surface area (Å²) in [6.45, 7) is 9.08. The van der Waals surface area contributed by atoms with Gasteiger partial charge in [-0.1, -0.05) is 12.2 Å². The third kappa shape index (κ3) is 5.30. The van der Waals surface area contributed by atoms with E-state index in [1.807, 2.05) is 13.8 Å². The number of ether oxygens (including phenoxy) is 1. The largest absolute Gasteiger partial charge is 0.465 e. The number of benzene rings is 1. The number of rotatable bonds is 7. The zero-order chi connectivity index (χ0) is 15.8. The molecule has 0 aliphatic carbocycles. The first kappa shape index (κ1) is 16.8. The molecule has 0 radical (unpaired) electrons. The van der Waals surface area contributed by atoms with E-state index >= 15 is 0 Å². The van der Waals surface area contributed by atoms with Crippen molar-refractivity contribution >= 4 is 17.6 Å². The van der Waals surface area contributed by atoms with E-state index in [4.69, 9.17) is 0 Å². The average molecular weight is 290 g/mol. The number of carbonyl (C=O) groups excluding carboxylic acids is 2. The van der Waals surface area contributed by atoms with Crippen LogP contribution in [0.25, 0.3) is 0 Å². The first-order chi connectivity index (χ1) is 9.97. The summed E-state index contributed by atoms with van der Waals surface area (Å²) in [5.74, 6) is -0.367. The van der Waals surface area contributed by atoms with Crippen LogP contribution < -0.4 is 5.32 Å². The number of nitrogens with one attached hydrogen (secondary N) is 1. The van der Waals surface area contributed by atoms with Gasteiger partial charge in [0.25, 0.3) is 0 Å². The van der Waals surface area contributed by atoms with Gasteiger partial charge in [0, 0.05) is 18.8 Å². The molecule has 1 N–H and O–H groups in total. The summed E-state index contributed by atoms with van der Waals surface area (Å²) in [5.41, 5.74) is 2.21. The molecule has 0 aliphatic rings. The molecule has 0 heterocycles. The van der Waals surface area contributed by atoms with Gasteiger partial charge in [0.1, 0.15) is 0 Å². The number of amides is 1. The van der Waals surface area contributed by atoms with Gasteiger partial charge in [0.05, 0.1) is 19.2 Å². The zero-order valence-electron chi connectivity index (χ0n) is 12.8. The zero-order valence-corrected chi connectivity index (χ0v) is 12.8. The maximum atomic E-state index is 12.1. The van der Waals surface area contributed by atoms with Crippen LogP contribution in [-0.2, 0) is 9.53 Å². The minimum absolute atomic E-state index is 0.0116. The van der Waals surface area contributed by atoms with Gasteiger partial charge in [-0.15, -0.1) is 0 Å². The van der Waals surface area contributed by atoms with E-state index in [2.05, 4.69) is 16.6 Å². The van der Waals surface area contributed by atoms with Gasteiger partial charge in [-0.25, -0.2) is 4.79 Å². The van der Waals surface area contributed by atoms with E-state index in [9.17, 15) is 9.59 Å². The lowest BCUT2D eigenvalue weighted by Crippen LogP contribution is -2.36. The molecule has 1 rings (SSSR count). The maximum Gasteiger partial charge on any atom is 0.337 e. The van der Waals surface area contributed by atoms with Crippen molar-refractivity contribution in [1.82, 2.24) is 4.90 Å². The van der Waals surface area contributed by atoms with Gasteiger partial charge >= 0.3 is 5.97 Å². The molecule has 114 valence electrons. The van der Waals surface area contributed by atoms with Gasteiger partial charge in [-0.2, -0.15) is 0 Å². The number of carbonyl (C=O) groups is 2. The summed E-state index contributed by atoms with van der Waals surface area (Å²) in [5, 5.41) is 3.04. The highest BCUT2D eigenvalue weighted by Gasteiger charge is 2.11. The van der Waals surface area contributed by atoms with Crippen LogP contribution in [0, 0.1) is 0 Å². The molecule has 21 heavy (non-hydrogen) atoms. The van der Waals surface area contributed by atoms with Crippen molar-refractivity contribution < 1.29 is 14.3 Å². The van der Waals surface area contributed by atoms with Crippen LogP contribution in [0.4, 0.5) is 5.69 Å². The Morgan fingerprint density at radius 3 is 2.38 bits per heavy atom. The molecule has 0 unspecified atom stereocenters. The number of hydrogen-bond donors (Lipinski definition) is 1. The maximum absolute atomic E-state index is 12.1. The van der Waals surface area contributed by atoms with Crippen molar-refractivity contribution in [2.45, 2.75) is 13.8 Å². The lowest BCUT2D eigenvalue weighted by Gasteiger charge is -2.21. The standard InChI is InChI=1S/C16H22N2O3/c1-5-18(11-12(2)3)15(19)10-17-14-8-6-13(7-9-14)16(20)21-4/h6-9,17H,2,5,10-11H2,1,3-4H3. The molecule has 0 aromatic heterocycles. The molecule has 0 fully saturated rings. The van der Waals surface area contributed by atoms with Crippen LogP contribution in [0.2, 0.25) is 0 Å². The van der Waals surface area contributed by atoms with Crippen LogP contribution in [0.5, 0.6) is 0 Å². The fraction of sp³-hybridized carbons (Fsp3) is 0.375. The minimum Gasteiger partial charge on any atom is -0.465 e. The molecule has 1 aromatic carbocycles. The molecule has 0 saturated heterocycles. The number of likely N-dealkylation sites (N-methyl/N-ethyl adjacent to an activating group) is 1. The number of anilines is 1.